The van der Waals surface area contributed by atoms with E-state index in [0.717, 1.165) is 18.4 Å². The third-order valence-corrected chi connectivity index (χ3v) is 2.61. The van der Waals surface area contributed by atoms with Gasteiger partial charge >= 0.3 is 5.97 Å². The van der Waals surface area contributed by atoms with Crippen molar-refractivity contribution >= 4 is 5.97 Å². The van der Waals surface area contributed by atoms with Gasteiger partial charge in [0.2, 0.25) is 0 Å². The van der Waals surface area contributed by atoms with Crippen LogP contribution in [-0.2, 0) is 11.3 Å². The molecule has 0 atom stereocenters. The van der Waals surface area contributed by atoms with Crippen LogP contribution >= 0.6 is 0 Å². The molecule has 1 aromatic carbocycles. The van der Waals surface area contributed by atoms with E-state index in [-0.39, 0.29) is 5.41 Å². The highest BCUT2D eigenvalue weighted by molar-refractivity contribution is 5.66. The van der Waals surface area contributed by atoms with Crippen molar-refractivity contribution in [2.75, 3.05) is 0 Å². The fraction of sp³-hybridized carbons (Fsp3) is 0.500. The lowest BCUT2D eigenvalue weighted by Gasteiger charge is -2.16. The number of hydrogen-bond acceptors (Lipinski definition) is 3. The molecule has 0 aliphatic heterocycles. The topological polar surface area (TPSA) is 87.1 Å². The summed E-state index contributed by atoms with van der Waals surface area (Å²) < 4.78 is 0. The Morgan fingerprint density at radius 1 is 1.40 bits per heavy atom. The summed E-state index contributed by atoms with van der Waals surface area (Å²) in [6.45, 7) is 6.86. The zero-order valence-corrected chi connectivity index (χ0v) is 12.5. The van der Waals surface area contributed by atoms with Gasteiger partial charge in [0.15, 0.2) is 0 Å². The van der Waals surface area contributed by atoms with Crippen molar-refractivity contribution in [3.05, 3.63) is 35.4 Å². The first-order valence-electron chi connectivity index (χ1n) is 6.69. The smallest absolute Gasteiger partial charge is 0.303 e. The maximum absolute atomic E-state index is 10.1. The predicted molar refractivity (Wildman–Crippen MR) is 80.0 cm³/mol. The molecule has 1 aromatic rings. The minimum atomic E-state index is -0.691. The number of carbonyl (C=O) groups is 1. The largest absolute Gasteiger partial charge is 0.481 e. The molecule has 0 bridgehead atoms. The molecule has 3 N–H and O–H groups in total. The van der Waals surface area contributed by atoms with E-state index in [4.69, 9.17) is 16.1 Å². The maximum Gasteiger partial charge on any atom is 0.303 e. The Labute approximate surface area is 121 Å². The molecule has 110 valence electrons. The summed E-state index contributed by atoms with van der Waals surface area (Å²) in [5, 5.41) is 16.8. The summed E-state index contributed by atoms with van der Waals surface area (Å²) >= 11 is 0. The second kappa shape index (κ2) is 9.11. The van der Waals surface area contributed by atoms with Gasteiger partial charge in [-0.25, -0.2) is 0 Å². The number of nitriles is 1. The summed E-state index contributed by atoms with van der Waals surface area (Å²) in [6.07, 6.45) is 2.08. The van der Waals surface area contributed by atoms with Crippen molar-refractivity contribution in [3.63, 3.8) is 0 Å². The lowest BCUT2D eigenvalue weighted by Crippen LogP contribution is -2.05. The minimum absolute atomic E-state index is 0.273. The molecule has 0 saturated heterocycles. The Morgan fingerprint density at radius 2 is 2.05 bits per heavy atom. The van der Waals surface area contributed by atoms with E-state index in [2.05, 4.69) is 20.8 Å². The Hall–Kier alpha value is -1.86. The molecule has 0 aromatic heterocycles. The molecule has 0 amide bonds. The molecular formula is C16H24N2O2. The zero-order chi connectivity index (χ0) is 15.6. The van der Waals surface area contributed by atoms with Crippen LogP contribution in [0.1, 0.15) is 51.2 Å². The van der Waals surface area contributed by atoms with Crippen molar-refractivity contribution in [2.45, 2.75) is 46.6 Å². The van der Waals surface area contributed by atoms with E-state index >= 15 is 0 Å². The van der Waals surface area contributed by atoms with Crippen LogP contribution in [0.3, 0.4) is 0 Å². The van der Waals surface area contributed by atoms with Gasteiger partial charge in [0.1, 0.15) is 0 Å². The lowest BCUT2D eigenvalue weighted by atomic mass is 9.90. The van der Waals surface area contributed by atoms with E-state index in [9.17, 15) is 4.79 Å². The molecule has 0 unspecified atom stereocenters. The average molecular weight is 276 g/mol. The number of benzene rings is 1. The van der Waals surface area contributed by atoms with Gasteiger partial charge in [0.25, 0.3) is 0 Å². The number of carboxylic acid groups (broad SMARTS) is 1. The van der Waals surface area contributed by atoms with Gasteiger partial charge in [-0.2, -0.15) is 5.26 Å². The van der Waals surface area contributed by atoms with Gasteiger partial charge in [-0.05, 0) is 36.0 Å². The van der Waals surface area contributed by atoms with Crippen molar-refractivity contribution in [1.29, 1.82) is 5.26 Å². The van der Waals surface area contributed by atoms with Crippen LogP contribution in [0.2, 0.25) is 0 Å². The van der Waals surface area contributed by atoms with Crippen LogP contribution in [-0.4, -0.2) is 11.1 Å². The summed E-state index contributed by atoms with van der Waals surface area (Å²) in [5.74, 6) is -0.691. The van der Waals surface area contributed by atoms with Crippen molar-refractivity contribution < 1.29 is 9.90 Å². The van der Waals surface area contributed by atoms with E-state index in [1.165, 1.54) is 0 Å². The molecule has 0 spiro atoms. The standard InChI is InChI=1S/C8H8N2.C8H16O2/c9-5-7-2-1-3-8(4-7)6-10;1-8(2,3)6-4-5-7(9)10/h1-4H,5,9H2;4-6H2,1-3H3,(H,9,10). The van der Waals surface area contributed by atoms with Crippen LogP contribution in [0.5, 0.6) is 0 Å². The fourth-order valence-electron chi connectivity index (χ4n) is 1.54. The normalized spacial score (nSPS) is 10.2. The summed E-state index contributed by atoms with van der Waals surface area (Å²) in [6, 6.07) is 9.34. The van der Waals surface area contributed by atoms with E-state index in [1.807, 2.05) is 18.2 Å². The van der Waals surface area contributed by atoms with E-state index in [0.29, 0.717) is 18.5 Å². The van der Waals surface area contributed by atoms with Gasteiger partial charge in [0, 0.05) is 13.0 Å². The number of nitrogens with zero attached hydrogens (tertiary/aromatic N) is 1. The van der Waals surface area contributed by atoms with Crippen LogP contribution in [0, 0.1) is 16.7 Å². The molecule has 0 aliphatic carbocycles. The lowest BCUT2D eigenvalue weighted by molar-refractivity contribution is -0.137. The Kier molecular flexibility index (Phi) is 8.26. The van der Waals surface area contributed by atoms with Crippen LogP contribution < -0.4 is 5.73 Å². The second-order valence-corrected chi connectivity index (χ2v) is 5.82. The number of aliphatic carboxylic acids is 1. The third kappa shape index (κ3) is 10.1. The zero-order valence-electron chi connectivity index (χ0n) is 12.5. The molecule has 0 fully saturated rings. The van der Waals surface area contributed by atoms with Crippen LogP contribution in [0.4, 0.5) is 0 Å². The Balaban J connectivity index is 0.000000361. The first-order chi connectivity index (χ1) is 9.28. The van der Waals surface area contributed by atoms with E-state index < -0.39 is 5.97 Å². The number of carboxylic acids is 1. The molecule has 20 heavy (non-hydrogen) atoms. The number of nitrogens with two attached hydrogens (primary N) is 1. The highest BCUT2D eigenvalue weighted by Crippen LogP contribution is 2.21. The monoisotopic (exact) mass is 276 g/mol. The Morgan fingerprint density at radius 3 is 2.50 bits per heavy atom. The minimum Gasteiger partial charge on any atom is -0.481 e. The molecular weight excluding hydrogens is 252 g/mol. The maximum atomic E-state index is 10.1. The first-order valence-corrected chi connectivity index (χ1v) is 6.69. The summed E-state index contributed by atoms with van der Waals surface area (Å²) in [7, 11) is 0. The molecule has 0 aliphatic rings. The van der Waals surface area contributed by atoms with Crippen LogP contribution in [0.25, 0.3) is 0 Å². The molecule has 0 saturated carbocycles. The Bertz CT molecular complexity index is 456. The van der Waals surface area contributed by atoms with Gasteiger partial charge in [-0.1, -0.05) is 32.9 Å². The first kappa shape index (κ1) is 18.1. The summed E-state index contributed by atoms with van der Waals surface area (Å²) in [4.78, 5) is 10.1. The quantitative estimate of drug-likeness (QED) is 0.883. The SMILES string of the molecule is CC(C)(C)CCCC(=O)O.N#Cc1cccc(CN)c1. The summed E-state index contributed by atoms with van der Waals surface area (Å²) in [5.41, 5.74) is 7.31. The van der Waals surface area contributed by atoms with E-state index in [1.54, 1.807) is 12.1 Å². The van der Waals surface area contributed by atoms with Gasteiger partial charge in [0.05, 0.1) is 11.6 Å². The predicted octanol–water partition coefficient (Wildman–Crippen LogP) is 3.30. The number of hydrogen-bond donors (Lipinski definition) is 2. The molecule has 4 heteroatoms. The molecule has 0 radical (unpaired) electrons. The number of rotatable bonds is 4. The van der Waals surface area contributed by atoms with Crippen LogP contribution in [0.15, 0.2) is 24.3 Å². The van der Waals surface area contributed by atoms with Gasteiger partial charge < -0.3 is 10.8 Å². The molecule has 1 rings (SSSR count). The fourth-order valence-corrected chi connectivity index (χ4v) is 1.54. The molecule has 0 heterocycles. The van der Waals surface area contributed by atoms with Crippen molar-refractivity contribution in [1.82, 2.24) is 0 Å². The van der Waals surface area contributed by atoms with Gasteiger partial charge in [-0.3, -0.25) is 4.79 Å². The molecule has 4 nitrogen and oxygen atoms in total. The van der Waals surface area contributed by atoms with Crippen molar-refractivity contribution in [2.24, 2.45) is 11.1 Å². The van der Waals surface area contributed by atoms with Gasteiger partial charge in [-0.15, -0.1) is 0 Å². The highest BCUT2D eigenvalue weighted by atomic mass is 16.4. The van der Waals surface area contributed by atoms with Crippen molar-refractivity contribution in [3.8, 4) is 6.07 Å². The average Bonchev–Trinajstić information content (AvgIpc) is 2.37. The third-order valence-electron chi connectivity index (χ3n) is 2.61. The second-order valence-electron chi connectivity index (χ2n) is 5.82. The highest BCUT2D eigenvalue weighted by Gasteiger charge is 2.09.